The van der Waals surface area contributed by atoms with Crippen molar-refractivity contribution in [3.63, 3.8) is 0 Å². The summed E-state index contributed by atoms with van der Waals surface area (Å²) in [5.74, 6) is -0.0874. The number of rotatable bonds is 5. The molecule has 0 saturated carbocycles. The zero-order chi connectivity index (χ0) is 12.1. The molecule has 0 fully saturated rings. The van der Waals surface area contributed by atoms with Crippen molar-refractivity contribution in [2.45, 2.75) is 32.9 Å². The summed E-state index contributed by atoms with van der Waals surface area (Å²) >= 11 is 0. The quantitative estimate of drug-likeness (QED) is 0.782. The summed E-state index contributed by atoms with van der Waals surface area (Å²) in [6.07, 6.45) is 1.34. The van der Waals surface area contributed by atoms with Gasteiger partial charge in [0.2, 0.25) is 5.88 Å². The molecular weight excluding hydrogens is 210 g/mol. The molecule has 0 aliphatic heterocycles. The molecule has 0 amide bonds. The summed E-state index contributed by atoms with van der Waals surface area (Å²) in [4.78, 5) is 18.4. The Kier molecular flexibility index (Phi) is 4.04. The highest BCUT2D eigenvalue weighted by atomic mass is 16.5. The number of carboxylic acid groups (broad SMARTS) is 1. The summed E-state index contributed by atoms with van der Waals surface area (Å²) < 4.78 is 5.36. The van der Waals surface area contributed by atoms with E-state index in [1.165, 1.54) is 13.3 Å². The van der Waals surface area contributed by atoms with Crippen LogP contribution in [0.25, 0.3) is 0 Å². The van der Waals surface area contributed by atoms with Crippen LogP contribution in [0.5, 0.6) is 5.88 Å². The molecule has 1 rings (SSSR count). The highest BCUT2D eigenvalue weighted by molar-refractivity contribution is 5.76. The van der Waals surface area contributed by atoms with Gasteiger partial charge in [0.05, 0.1) is 6.10 Å². The second kappa shape index (κ2) is 5.29. The van der Waals surface area contributed by atoms with E-state index in [9.17, 15) is 4.79 Å². The van der Waals surface area contributed by atoms with E-state index in [4.69, 9.17) is 9.84 Å². The molecule has 16 heavy (non-hydrogen) atoms. The first-order chi connectivity index (χ1) is 7.49. The van der Waals surface area contributed by atoms with Gasteiger partial charge in [0.25, 0.3) is 0 Å². The molecule has 6 heteroatoms. The molecule has 0 bridgehead atoms. The monoisotopic (exact) mass is 225 g/mol. The standard InChI is InChI=1S/C10H15N3O3/c1-6(2)16-9-4-8(11-5-12-9)13-7(3)10(14)15/h4-7H,1-3H3,(H,14,15)(H,11,12,13). The smallest absolute Gasteiger partial charge is 0.325 e. The van der Waals surface area contributed by atoms with Crippen LogP contribution in [0.1, 0.15) is 20.8 Å². The van der Waals surface area contributed by atoms with E-state index in [0.717, 1.165) is 0 Å². The normalized spacial score (nSPS) is 12.2. The van der Waals surface area contributed by atoms with Gasteiger partial charge in [-0.1, -0.05) is 0 Å². The third-order valence-electron chi connectivity index (χ3n) is 1.73. The molecular formula is C10H15N3O3. The van der Waals surface area contributed by atoms with Crippen molar-refractivity contribution in [3.05, 3.63) is 12.4 Å². The summed E-state index contributed by atoms with van der Waals surface area (Å²) in [6.45, 7) is 5.30. The number of aromatic nitrogens is 2. The van der Waals surface area contributed by atoms with E-state index < -0.39 is 12.0 Å². The lowest BCUT2D eigenvalue weighted by atomic mass is 10.3. The van der Waals surface area contributed by atoms with Crippen molar-refractivity contribution in [2.75, 3.05) is 5.32 Å². The van der Waals surface area contributed by atoms with E-state index >= 15 is 0 Å². The van der Waals surface area contributed by atoms with Gasteiger partial charge in [-0.15, -0.1) is 0 Å². The Morgan fingerprint density at radius 2 is 2.12 bits per heavy atom. The number of nitrogens with zero attached hydrogens (tertiary/aromatic N) is 2. The summed E-state index contributed by atoms with van der Waals surface area (Å²) in [7, 11) is 0. The van der Waals surface area contributed by atoms with Crippen molar-refractivity contribution in [1.29, 1.82) is 0 Å². The van der Waals surface area contributed by atoms with Gasteiger partial charge in [0.15, 0.2) is 0 Å². The molecule has 88 valence electrons. The van der Waals surface area contributed by atoms with Gasteiger partial charge < -0.3 is 15.2 Å². The lowest BCUT2D eigenvalue weighted by molar-refractivity contribution is -0.137. The van der Waals surface area contributed by atoms with Crippen LogP contribution in [0.2, 0.25) is 0 Å². The van der Waals surface area contributed by atoms with E-state index in [1.54, 1.807) is 6.07 Å². The number of anilines is 1. The molecule has 1 aromatic rings. The third-order valence-corrected chi connectivity index (χ3v) is 1.73. The molecule has 1 atom stereocenters. The third kappa shape index (κ3) is 3.72. The van der Waals surface area contributed by atoms with Crippen LogP contribution < -0.4 is 10.1 Å². The summed E-state index contributed by atoms with van der Waals surface area (Å²) in [6, 6.07) is 0.862. The molecule has 0 spiro atoms. The maximum atomic E-state index is 10.6. The van der Waals surface area contributed by atoms with Crippen LogP contribution in [0.4, 0.5) is 5.82 Å². The molecule has 1 heterocycles. The number of carbonyl (C=O) groups is 1. The van der Waals surface area contributed by atoms with E-state index in [0.29, 0.717) is 11.7 Å². The van der Waals surface area contributed by atoms with Gasteiger partial charge >= 0.3 is 5.97 Å². The molecule has 2 N–H and O–H groups in total. The van der Waals surface area contributed by atoms with Crippen LogP contribution in [0.15, 0.2) is 12.4 Å². The second-order valence-corrected chi connectivity index (χ2v) is 3.61. The first kappa shape index (κ1) is 12.2. The van der Waals surface area contributed by atoms with Gasteiger partial charge in [-0.3, -0.25) is 4.79 Å². The average Bonchev–Trinajstić information content (AvgIpc) is 2.16. The predicted octanol–water partition coefficient (Wildman–Crippen LogP) is 1.15. The van der Waals surface area contributed by atoms with Crippen molar-refractivity contribution >= 4 is 11.8 Å². The highest BCUT2D eigenvalue weighted by Gasteiger charge is 2.11. The first-order valence-corrected chi connectivity index (χ1v) is 4.97. The summed E-state index contributed by atoms with van der Waals surface area (Å²) in [5, 5.41) is 11.4. The lowest BCUT2D eigenvalue weighted by Crippen LogP contribution is -2.25. The van der Waals surface area contributed by atoms with Crippen molar-refractivity contribution < 1.29 is 14.6 Å². The zero-order valence-corrected chi connectivity index (χ0v) is 9.47. The molecule has 1 unspecified atom stereocenters. The number of hydrogen-bond donors (Lipinski definition) is 2. The number of carboxylic acids is 1. The Hall–Kier alpha value is -1.85. The minimum Gasteiger partial charge on any atom is -0.480 e. The maximum absolute atomic E-state index is 10.6. The van der Waals surface area contributed by atoms with E-state index in [-0.39, 0.29) is 6.10 Å². The zero-order valence-electron chi connectivity index (χ0n) is 9.47. The highest BCUT2D eigenvalue weighted by Crippen LogP contribution is 2.13. The van der Waals surface area contributed by atoms with Gasteiger partial charge in [0.1, 0.15) is 18.2 Å². The molecule has 6 nitrogen and oxygen atoms in total. The first-order valence-electron chi connectivity index (χ1n) is 4.97. The Bertz CT molecular complexity index is 368. The molecule has 1 aromatic heterocycles. The Morgan fingerprint density at radius 3 is 2.69 bits per heavy atom. The summed E-state index contributed by atoms with van der Waals surface area (Å²) in [5.41, 5.74) is 0. The maximum Gasteiger partial charge on any atom is 0.325 e. The Balaban J connectivity index is 2.70. The fourth-order valence-corrected chi connectivity index (χ4v) is 1.01. The number of hydrogen-bond acceptors (Lipinski definition) is 5. The molecule has 0 aromatic carbocycles. The predicted molar refractivity (Wildman–Crippen MR) is 58.5 cm³/mol. The topological polar surface area (TPSA) is 84.3 Å². The van der Waals surface area contributed by atoms with E-state index in [2.05, 4.69) is 15.3 Å². The van der Waals surface area contributed by atoms with Crippen LogP contribution >= 0.6 is 0 Å². The second-order valence-electron chi connectivity index (χ2n) is 3.61. The van der Waals surface area contributed by atoms with Crippen LogP contribution in [0.3, 0.4) is 0 Å². The van der Waals surface area contributed by atoms with Crippen molar-refractivity contribution in [2.24, 2.45) is 0 Å². The number of aliphatic carboxylic acids is 1. The number of ether oxygens (including phenoxy) is 1. The SMILES string of the molecule is CC(C)Oc1cc(NC(C)C(=O)O)ncn1. The van der Waals surface area contributed by atoms with Crippen LogP contribution in [-0.4, -0.2) is 33.2 Å². The Morgan fingerprint density at radius 1 is 1.44 bits per heavy atom. The van der Waals surface area contributed by atoms with Gasteiger partial charge in [0, 0.05) is 6.07 Å². The number of nitrogens with one attached hydrogen (secondary N) is 1. The fraction of sp³-hybridized carbons (Fsp3) is 0.500. The van der Waals surface area contributed by atoms with Crippen LogP contribution in [0, 0.1) is 0 Å². The van der Waals surface area contributed by atoms with Gasteiger partial charge in [-0.2, -0.15) is 0 Å². The van der Waals surface area contributed by atoms with Gasteiger partial charge in [-0.25, -0.2) is 9.97 Å². The lowest BCUT2D eigenvalue weighted by Gasteiger charge is -2.12. The Labute approximate surface area is 93.7 Å². The molecule has 0 radical (unpaired) electrons. The molecule has 0 saturated heterocycles. The van der Waals surface area contributed by atoms with Crippen molar-refractivity contribution in [1.82, 2.24) is 9.97 Å². The minimum atomic E-state index is -0.940. The molecule has 0 aliphatic carbocycles. The molecule has 0 aliphatic rings. The van der Waals surface area contributed by atoms with Gasteiger partial charge in [-0.05, 0) is 20.8 Å². The van der Waals surface area contributed by atoms with Crippen LogP contribution in [-0.2, 0) is 4.79 Å². The minimum absolute atomic E-state index is 0.0136. The van der Waals surface area contributed by atoms with E-state index in [1.807, 2.05) is 13.8 Å². The largest absolute Gasteiger partial charge is 0.480 e. The average molecular weight is 225 g/mol. The van der Waals surface area contributed by atoms with Crippen molar-refractivity contribution in [3.8, 4) is 5.88 Å². The fourth-order valence-electron chi connectivity index (χ4n) is 1.01.